The minimum atomic E-state index is -0.336. The second kappa shape index (κ2) is 11.3. The number of ether oxygens (including phenoxy) is 2. The van der Waals surface area contributed by atoms with Gasteiger partial charge in [0, 0.05) is 11.3 Å². The van der Waals surface area contributed by atoms with Gasteiger partial charge in [-0.25, -0.2) is 9.82 Å². The molecule has 10 heteroatoms. The largest absolute Gasteiger partial charge is 0.493 e. The molecule has 4 aromatic rings. The lowest BCUT2D eigenvalue weighted by molar-refractivity contribution is -0.118. The molecule has 1 N–H and O–H groups in total. The summed E-state index contributed by atoms with van der Waals surface area (Å²) in [7, 11) is 3.15. The van der Waals surface area contributed by atoms with Crippen LogP contribution in [-0.2, 0) is 4.79 Å². The maximum atomic E-state index is 13.0. The Labute approximate surface area is 205 Å². The van der Waals surface area contributed by atoms with Gasteiger partial charge in [-0.1, -0.05) is 42.1 Å². The van der Waals surface area contributed by atoms with Crippen LogP contribution in [-0.4, -0.2) is 46.9 Å². The average molecular weight is 492 g/mol. The molecule has 1 heterocycles. The first-order chi connectivity index (χ1) is 17.1. The number of thioether (sulfide) groups is 1. The van der Waals surface area contributed by atoms with Crippen LogP contribution in [0.25, 0.3) is 17.1 Å². The zero-order valence-corrected chi connectivity index (χ0v) is 19.8. The summed E-state index contributed by atoms with van der Waals surface area (Å²) in [6, 6.07) is 20.9. The monoisotopic (exact) mass is 491 g/mol. The molecule has 0 radical (unpaired) electrons. The van der Waals surface area contributed by atoms with E-state index in [0.717, 1.165) is 11.3 Å². The van der Waals surface area contributed by atoms with Gasteiger partial charge in [0.25, 0.3) is 5.91 Å². The second-order valence-electron chi connectivity index (χ2n) is 7.18. The van der Waals surface area contributed by atoms with E-state index < -0.39 is 0 Å². The number of aromatic nitrogens is 3. The van der Waals surface area contributed by atoms with E-state index in [1.807, 2.05) is 47.0 Å². The maximum Gasteiger partial charge on any atom is 0.250 e. The molecular weight excluding hydrogens is 469 g/mol. The van der Waals surface area contributed by atoms with E-state index in [9.17, 15) is 9.18 Å². The fourth-order valence-electron chi connectivity index (χ4n) is 3.23. The SMILES string of the molecule is COc1ccc(-c2nnc(SCC(=O)N/N=C/c3ccc(F)cc3)n2-c2ccccc2)cc1OC. The third-order valence-electron chi connectivity index (χ3n) is 4.89. The minimum absolute atomic E-state index is 0.0671. The van der Waals surface area contributed by atoms with Crippen molar-refractivity contribution in [3.63, 3.8) is 0 Å². The Balaban J connectivity index is 1.54. The summed E-state index contributed by atoms with van der Waals surface area (Å²) in [6.45, 7) is 0. The zero-order chi connectivity index (χ0) is 24.6. The third-order valence-corrected chi connectivity index (χ3v) is 5.82. The lowest BCUT2D eigenvalue weighted by Gasteiger charge is -2.12. The van der Waals surface area contributed by atoms with Crippen LogP contribution < -0.4 is 14.9 Å². The van der Waals surface area contributed by atoms with E-state index in [-0.39, 0.29) is 17.5 Å². The van der Waals surface area contributed by atoms with Crippen LogP contribution in [0.4, 0.5) is 4.39 Å². The van der Waals surface area contributed by atoms with Gasteiger partial charge in [0.15, 0.2) is 22.5 Å². The summed E-state index contributed by atoms with van der Waals surface area (Å²) in [5.41, 5.74) is 4.76. The first-order valence-electron chi connectivity index (χ1n) is 10.5. The van der Waals surface area contributed by atoms with E-state index in [1.165, 1.54) is 30.1 Å². The van der Waals surface area contributed by atoms with Gasteiger partial charge in [0.05, 0.1) is 26.2 Å². The molecule has 0 spiro atoms. The summed E-state index contributed by atoms with van der Waals surface area (Å²) in [6.07, 6.45) is 1.45. The zero-order valence-electron chi connectivity index (χ0n) is 19.0. The van der Waals surface area contributed by atoms with Crippen molar-refractivity contribution < 1.29 is 18.7 Å². The van der Waals surface area contributed by atoms with Crippen LogP contribution >= 0.6 is 11.8 Å². The molecule has 8 nitrogen and oxygen atoms in total. The topological polar surface area (TPSA) is 90.6 Å². The Hall–Kier alpha value is -4.18. The van der Waals surface area contributed by atoms with Crippen LogP contribution in [0.5, 0.6) is 11.5 Å². The first kappa shape index (κ1) is 24.0. The van der Waals surface area contributed by atoms with E-state index in [0.29, 0.717) is 28.0 Å². The van der Waals surface area contributed by atoms with Crippen LogP contribution in [0.2, 0.25) is 0 Å². The lowest BCUT2D eigenvalue weighted by Crippen LogP contribution is -2.20. The Morgan fingerprint density at radius 2 is 1.77 bits per heavy atom. The third kappa shape index (κ3) is 5.85. The lowest BCUT2D eigenvalue weighted by atomic mass is 10.2. The van der Waals surface area contributed by atoms with Crippen molar-refractivity contribution in [2.24, 2.45) is 5.10 Å². The molecule has 0 unspecified atom stereocenters. The Bertz CT molecular complexity index is 1330. The molecule has 0 bridgehead atoms. The molecule has 0 fully saturated rings. The number of benzene rings is 3. The van der Waals surface area contributed by atoms with Crippen molar-refractivity contribution in [1.82, 2.24) is 20.2 Å². The van der Waals surface area contributed by atoms with Gasteiger partial charge >= 0.3 is 0 Å². The molecule has 1 amide bonds. The van der Waals surface area contributed by atoms with Gasteiger partial charge in [-0.2, -0.15) is 5.10 Å². The number of para-hydroxylation sites is 1. The van der Waals surface area contributed by atoms with Gasteiger partial charge in [0.2, 0.25) is 0 Å². The molecular formula is C25H22FN5O3S. The standard InChI is InChI=1S/C25H22FN5O3S/c1-33-21-13-10-18(14-22(21)34-2)24-29-30-25(31(24)20-6-4-3-5-7-20)35-16-23(32)28-27-15-17-8-11-19(26)12-9-17/h3-15H,16H2,1-2H3,(H,28,32)/b27-15+. The molecule has 0 saturated carbocycles. The van der Waals surface area contributed by atoms with Gasteiger partial charge in [-0.15, -0.1) is 10.2 Å². The number of carbonyl (C=O) groups is 1. The fraction of sp³-hybridized carbons (Fsp3) is 0.120. The summed E-state index contributed by atoms with van der Waals surface area (Å²) in [5, 5.41) is 13.2. The van der Waals surface area contributed by atoms with Gasteiger partial charge in [-0.05, 0) is 48.0 Å². The van der Waals surface area contributed by atoms with Crippen molar-refractivity contribution >= 4 is 23.9 Å². The molecule has 0 saturated heterocycles. The highest BCUT2D eigenvalue weighted by Gasteiger charge is 2.18. The van der Waals surface area contributed by atoms with Gasteiger partial charge in [-0.3, -0.25) is 9.36 Å². The number of nitrogens with zero attached hydrogens (tertiary/aromatic N) is 4. The Morgan fingerprint density at radius 3 is 2.49 bits per heavy atom. The minimum Gasteiger partial charge on any atom is -0.493 e. The normalized spacial score (nSPS) is 10.9. The molecule has 0 aliphatic carbocycles. The quantitative estimate of drug-likeness (QED) is 0.213. The van der Waals surface area contributed by atoms with Crippen LogP contribution in [0.3, 0.4) is 0 Å². The van der Waals surface area contributed by atoms with E-state index in [4.69, 9.17) is 9.47 Å². The highest BCUT2D eigenvalue weighted by Crippen LogP contribution is 2.34. The highest BCUT2D eigenvalue weighted by molar-refractivity contribution is 7.99. The fourth-order valence-corrected chi connectivity index (χ4v) is 3.97. The Kier molecular flexibility index (Phi) is 7.74. The molecule has 178 valence electrons. The molecule has 3 aromatic carbocycles. The number of hydrogen-bond acceptors (Lipinski definition) is 7. The average Bonchev–Trinajstić information content (AvgIpc) is 3.32. The predicted molar refractivity (Wildman–Crippen MR) is 133 cm³/mol. The highest BCUT2D eigenvalue weighted by atomic mass is 32.2. The van der Waals surface area contributed by atoms with Crippen molar-refractivity contribution in [1.29, 1.82) is 0 Å². The van der Waals surface area contributed by atoms with Crippen molar-refractivity contribution in [2.75, 3.05) is 20.0 Å². The van der Waals surface area contributed by atoms with E-state index in [2.05, 4.69) is 20.7 Å². The van der Waals surface area contributed by atoms with Crippen molar-refractivity contribution in [2.45, 2.75) is 5.16 Å². The smallest absolute Gasteiger partial charge is 0.250 e. The molecule has 0 atom stereocenters. The summed E-state index contributed by atoms with van der Waals surface area (Å²) >= 11 is 1.23. The van der Waals surface area contributed by atoms with E-state index in [1.54, 1.807) is 32.4 Å². The second-order valence-corrected chi connectivity index (χ2v) is 8.12. The summed E-state index contributed by atoms with van der Waals surface area (Å²) in [4.78, 5) is 12.3. The number of hydrazone groups is 1. The maximum absolute atomic E-state index is 13.0. The van der Waals surface area contributed by atoms with Crippen LogP contribution in [0.15, 0.2) is 83.1 Å². The van der Waals surface area contributed by atoms with Gasteiger partial charge < -0.3 is 9.47 Å². The number of nitrogens with one attached hydrogen (secondary N) is 1. The van der Waals surface area contributed by atoms with Gasteiger partial charge in [0.1, 0.15) is 5.82 Å². The number of amides is 1. The molecule has 1 aromatic heterocycles. The molecule has 4 rings (SSSR count). The number of rotatable bonds is 9. The first-order valence-corrected chi connectivity index (χ1v) is 11.5. The van der Waals surface area contributed by atoms with Crippen LogP contribution in [0, 0.1) is 5.82 Å². The molecule has 0 aliphatic rings. The predicted octanol–water partition coefficient (Wildman–Crippen LogP) is 4.33. The number of hydrogen-bond donors (Lipinski definition) is 1. The number of methoxy groups -OCH3 is 2. The van der Waals surface area contributed by atoms with E-state index >= 15 is 0 Å². The molecule has 0 aliphatic heterocycles. The van der Waals surface area contributed by atoms with Crippen LogP contribution in [0.1, 0.15) is 5.56 Å². The number of carbonyl (C=O) groups excluding carboxylic acids is 1. The molecule has 35 heavy (non-hydrogen) atoms. The summed E-state index contributed by atoms with van der Waals surface area (Å²) < 4.78 is 25.6. The number of halogens is 1. The van der Waals surface area contributed by atoms with Crippen molar-refractivity contribution in [3.8, 4) is 28.6 Å². The van der Waals surface area contributed by atoms with Crippen molar-refractivity contribution in [3.05, 3.63) is 84.2 Å². The Morgan fingerprint density at radius 1 is 1.03 bits per heavy atom. The summed E-state index contributed by atoms with van der Waals surface area (Å²) in [5.74, 6) is 1.18.